The molecule has 0 spiro atoms. The fourth-order valence-corrected chi connectivity index (χ4v) is 3.50. The maximum absolute atomic E-state index is 2.24. The van der Waals surface area contributed by atoms with Crippen LogP contribution in [0, 0.1) is 6.92 Å². The summed E-state index contributed by atoms with van der Waals surface area (Å²) < 4.78 is 2.90. The zero-order valence-corrected chi connectivity index (χ0v) is 12.2. The molecule has 0 heterocycles. The molecule has 0 radical (unpaired) electrons. The Morgan fingerprint density at radius 1 is 0.882 bits per heavy atom. The molecule has 0 bridgehead atoms. The van der Waals surface area contributed by atoms with Crippen LogP contribution in [-0.4, -0.2) is 29.1 Å². The molecule has 2 aromatic rings. The molecule has 2 heteroatoms. The maximum atomic E-state index is 2.24. The Hall–Kier alpha value is -1.24. The van der Waals surface area contributed by atoms with E-state index in [0.717, 1.165) is 0 Å². The van der Waals surface area contributed by atoms with Crippen LogP contribution in [0.3, 0.4) is 0 Å². The van der Waals surface area contributed by atoms with Gasteiger partial charge in [-0.2, -0.15) is 0 Å². The van der Waals surface area contributed by atoms with E-state index in [9.17, 15) is 0 Å². The second kappa shape index (κ2) is 5.39. The molecular weight excluding hydrogens is 273 g/mol. The molecule has 0 saturated carbocycles. The van der Waals surface area contributed by atoms with Crippen molar-refractivity contribution in [3.05, 3.63) is 54.1 Å². The second-order valence-electron chi connectivity index (χ2n) is 4.26. The molecule has 0 aliphatic heterocycles. The first kappa shape index (κ1) is 12.2. The summed E-state index contributed by atoms with van der Waals surface area (Å²) in [6.07, 6.45) is 0. The molecule has 2 rings (SSSR count). The second-order valence-corrected chi connectivity index (χ2v) is 6.60. The molecule has 0 fully saturated rings. The normalized spacial score (nSPS) is 10.3. The monoisotopic (exact) mass is 291 g/mol. The number of hydrogen-bond acceptors (Lipinski definition) is 1. The topological polar surface area (TPSA) is 3.24 Å². The average molecular weight is 290 g/mol. The van der Waals surface area contributed by atoms with Crippen LogP contribution < -0.4 is 13.8 Å². The van der Waals surface area contributed by atoms with Crippen molar-refractivity contribution in [2.75, 3.05) is 19.0 Å². The van der Waals surface area contributed by atoms with Crippen molar-refractivity contribution in [1.82, 2.24) is 0 Å². The number of benzene rings is 2. The summed E-state index contributed by atoms with van der Waals surface area (Å²) in [5.74, 6) is 0. The molecule has 2 aromatic carbocycles. The van der Waals surface area contributed by atoms with E-state index in [2.05, 4.69) is 74.4 Å². The van der Waals surface area contributed by atoms with Crippen molar-refractivity contribution in [2.45, 2.75) is 6.92 Å². The van der Waals surface area contributed by atoms with Gasteiger partial charge < -0.3 is 0 Å². The number of nitrogens with zero attached hydrogens (tertiary/aromatic N) is 1. The van der Waals surface area contributed by atoms with E-state index < -0.39 is 0 Å². The van der Waals surface area contributed by atoms with Crippen molar-refractivity contribution in [3.8, 4) is 0 Å². The van der Waals surface area contributed by atoms with Crippen LogP contribution >= 0.6 is 0 Å². The summed E-state index contributed by atoms with van der Waals surface area (Å²) in [7, 11) is 4.14. The third-order valence-electron chi connectivity index (χ3n) is 2.67. The van der Waals surface area contributed by atoms with E-state index in [-0.39, 0.29) is 0 Å². The Kier molecular flexibility index (Phi) is 3.88. The first-order chi connectivity index (χ1) is 8.16. The summed E-state index contributed by atoms with van der Waals surface area (Å²) in [4.78, 5) is 2.13. The number of aryl methyl sites for hydroxylation is 1. The van der Waals surface area contributed by atoms with Crippen LogP contribution in [-0.2, 0) is 0 Å². The van der Waals surface area contributed by atoms with Crippen molar-refractivity contribution in [3.63, 3.8) is 0 Å². The van der Waals surface area contributed by atoms with Gasteiger partial charge in [0, 0.05) is 0 Å². The van der Waals surface area contributed by atoms with Gasteiger partial charge in [0.15, 0.2) is 0 Å². The van der Waals surface area contributed by atoms with Gasteiger partial charge in [-0.3, -0.25) is 0 Å². The van der Waals surface area contributed by atoms with Gasteiger partial charge in [0.1, 0.15) is 0 Å². The van der Waals surface area contributed by atoms with Gasteiger partial charge >= 0.3 is 110 Å². The zero-order chi connectivity index (χ0) is 12.3. The minimum absolute atomic E-state index is 0.413. The van der Waals surface area contributed by atoms with Crippen LogP contribution in [0.25, 0.3) is 0 Å². The minimum atomic E-state index is 0.413. The van der Waals surface area contributed by atoms with Gasteiger partial charge in [0.25, 0.3) is 0 Å². The number of anilines is 1. The van der Waals surface area contributed by atoms with Crippen molar-refractivity contribution < 1.29 is 0 Å². The predicted molar refractivity (Wildman–Crippen MR) is 77.0 cm³/mol. The van der Waals surface area contributed by atoms with Crippen molar-refractivity contribution in [2.24, 2.45) is 0 Å². The average Bonchev–Trinajstić information content (AvgIpc) is 2.33. The summed E-state index contributed by atoms with van der Waals surface area (Å²) in [5.41, 5.74) is 2.65. The molecule has 0 aliphatic carbocycles. The van der Waals surface area contributed by atoms with E-state index >= 15 is 0 Å². The van der Waals surface area contributed by atoms with Gasteiger partial charge in [0.05, 0.1) is 0 Å². The predicted octanol–water partition coefficient (Wildman–Crippen LogP) is 1.72. The van der Waals surface area contributed by atoms with Gasteiger partial charge in [0.2, 0.25) is 0 Å². The standard InChI is InChI=1S/C15H17NSe/c1-12-6-4-5-7-15(12)17-14-10-8-13(9-11-14)16(2)3/h4-11H,1-3H3. The molecule has 0 aromatic heterocycles. The summed E-state index contributed by atoms with van der Waals surface area (Å²) in [5, 5.41) is 0. The quantitative estimate of drug-likeness (QED) is 0.778. The molecule has 0 aliphatic rings. The fraction of sp³-hybridized carbons (Fsp3) is 0.200. The molecule has 0 N–H and O–H groups in total. The van der Waals surface area contributed by atoms with Gasteiger partial charge in [-0.15, -0.1) is 0 Å². The SMILES string of the molecule is Cc1ccccc1[Se]c1ccc(N(C)C)cc1. The molecular formula is C15H17NSe. The van der Waals surface area contributed by atoms with Crippen LogP contribution in [0.15, 0.2) is 48.5 Å². The third-order valence-corrected chi connectivity index (χ3v) is 5.16. The molecule has 88 valence electrons. The van der Waals surface area contributed by atoms with Crippen LogP contribution in [0.1, 0.15) is 5.56 Å². The first-order valence-corrected chi connectivity index (χ1v) is 7.39. The first-order valence-electron chi connectivity index (χ1n) is 5.67. The van der Waals surface area contributed by atoms with Gasteiger partial charge in [-0.25, -0.2) is 0 Å². The summed E-state index contributed by atoms with van der Waals surface area (Å²) >= 11 is 0.413. The molecule has 0 amide bonds. The zero-order valence-electron chi connectivity index (χ0n) is 10.5. The third kappa shape index (κ3) is 3.12. The Labute approximate surface area is 110 Å². The summed E-state index contributed by atoms with van der Waals surface area (Å²) in [6.45, 7) is 2.19. The Bertz CT molecular complexity index is 489. The molecule has 0 atom stereocenters. The number of hydrogen-bond donors (Lipinski definition) is 0. The Morgan fingerprint density at radius 3 is 2.12 bits per heavy atom. The fourth-order valence-electron chi connectivity index (χ4n) is 1.61. The van der Waals surface area contributed by atoms with Crippen molar-refractivity contribution in [1.29, 1.82) is 0 Å². The van der Waals surface area contributed by atoms with Crippen LogP contribution in [0.2, 0.25) is 0 Å². The van der Waals surface area contributed by atoms with E-state index in [1.807, 2.05) is 0 Å². The Morgan fingerprint density at radius 2 is 1.53 bits per heavy atom. The molecule has 1 nitrogen and oxygen atoms in total. The van der Waals surface area contributed by atoms with Crippen LogP contribution in [0.5, 0.6) is 0 Å². The van der Waals surface area contributed by atoms with Crippen molar-refractivity contribution >= 4 is 29.6 Å². The van der Waals surface area contributed by atoms with E-state index in [0.29, 0.717) is 15.0 Å². The summed E-state index contributed by atoms with van der Waals surface area (Å²) in [6, 6.07) is 17.5. The van der Waals surface area contributed by atoms with E-state index in [1.165, 1.54) is 20.2 Å². The molecule has 0 unspecified atom stereocenters. The molecule has 0 saturated heterocycles. The Balaban J connectivity index is 2.17. The van der Waals surface area contributed by atoms with Gasteiger partial charge in [-0.05, 0) is 0 Å². The van der Waals surface area contributed by atoms with E-state index in [4.69, 9.17) is 0 Å². The van der Waals surface area contributed by atoms with E-state index in [1.54, 1.807) is 0 Å². The molecule has 17 heavy (non-hydrogen) atoms. The van der Waals surface area contributed by atoms with Crippen LogP contribution in [0.4, 0.5) is 5.69 Å². The van der Waals surface area contributed by atoms with Gasteiger partial charge in [-0.1, -0.05) is 0 Å². The number of rotatable bonds is 3.